The zero-order chi connectivity index (χ0) is 19.6. The molecular weight excluding hydrogens is 354 g/mol. The number of nitrogens with one attached hydrogen (secondary N) is 2. The molecule has 0 atom stereocenters. The molecule has 2 rings (SSSR count). The van der Waals surface area contributed by atoms with Crippen LogP contribution in [0.15, 0.2) is 53.6 Å². The zero-order valence-electron chi connectivity index (χ0n) is 14.3. The van der Waals surface area contributed by atoms with Gasteiger partial charge in [-0.05, 0) is 54.1 Å². The molecular formula is C18H17N3O6. The molecule has 2 aromatic rings. The first-order chi connectivity index (χ1) is 13.0. The van der Waals surface area contributed by atoms with Crippen LogP contribution in [0.2, 0.25) is 0 Å². The minimum Gasteiger partial charge on any atom is -0.497 e. The van der Waals surface area contributed by atoms with Gasteiger partial charge in [0.2, 0.25) is 0 Å². The van der Waals surface area contributed by atoms with Gasteiger partial charge in [0.1, 0.15) is 11.5 Å². The molecule has 3 N–H and O–H groups in total. The van der Waals surface area contributed by atoms with Gasteiger partial charge < -0.3 is 19.9 Å². The number of ether oxygens (including phenoxy) is 2. The molecule has 0 aromatic heterocycles. The van der Waals surface area contributed by atoms with E-state index < -0.39 is 24.4 Å². The number of carboxylic acid groups (broad SMARTS) is 1. The van der Waals surface area contributed by atoms with Crippen LogP contribution < -0.4 is 20.2 Å². The number of carboxylic acids is 1. The van der Waals surface area contributed by atoms with E-state index in [1.54, 1.807) is 48.5 Å². The van der Waals surface area contributed by atoms with E-state index in [4.69, 9.17) is 14.6 Å². The first kappa shape index (κ1) is 19.4. The number of amides is 2. The number of methoxy groups -OCH3 is 1. The number of benzene rings is 2. The van der Waals surface area contributed by atoms with Gasteiger partial charge in [0.05, 0.1) is 13.3 Å². The Kier molecular flexibility index (Phi) is 6.89. The molecule has 27 heavy (non-hydrogen) atoms. The van der Waals surface area contributed by atoms with Crippen LogP contribution in [-0.2, 0) is 14.4 Å². The third kappa shape index (κ3) is 6.50. The summed E-state index contributed by atoms with van der Waals surface area (Å²) >= 11 is 0. The predicted molar refractivity (Wildman–Crippen MR) is 96.9 cm³/mol. The van der Waals surface area contributed by atoms with Crippen molar-refractivity contribution in [3.63, 3.8) is 0 Å². The van der Waals surface area contributed by atoms with Crippen LogP contribution in [0.5, 0.6) is 11.5 Å². The van der Waals surface area contributed by atoms with Gasteiger partial charge in [-0.25, -0.2) is 10.2 Å². The summed E-state index contributed by atoms with van der Waals surface area (Å²) in [6.07, 6.45) is 1.33. The number of nitrogens with zero attached hydrogens (tertiary/aromatic N) is 1. The molecule has 140 valence electrons. The molecule has 2 amide bonds. The Hall–Kier alpha value is -3.88. The van der Waals surface area contributed by atoms with E-state index in [0.29, 0.717) is 22.7 Å². The number of rotatable bonds is 7. The molecule has 9 nitrogen and oxygen atoms in total. The van der Waals surface area contributed by atoms with E-state index >= 15 is 0 Å². The molecule has 2 aromatic carbocycles. The third-order valence-electron chi connectivity index (χ3n) is 3.18. The number of hydrogen-bond donors (Lipinski definition) is 3. The second-order valence-corrected chi connectivity index (χ2v) is 5.13. The normalized spacial score (nSPS) is 10.3. The van der Waals surface area contributed by atoms with Gasteiger partial charge in [-0.15, -0.1) is 0 Å². The highest BCUT2D eigenvalue weighted by atomic mass is 16.5. The Morgan fingerprint density at radius 1 is 1.00 bits per heavy atom. The molecule has 0 saturated heterocycles. The van der Waals surface area contributed by atoms with Crippen LogP contribution in [0.25, 0.3) is 0 Å². The summed E-state index contributed by atoms with van der Waals surface area (Å²) in [5.74, 6) is -1.85. The standard InChI is InChI=1S/C18H17N3O6/c1-26-14-8-4-13(5-9-14)20-17(24)18(25)21-19-10-12-2-6-15(7-3-12)27-11-16(22)23/h2-10H,11H2,1H3,(H,20,24)(H,21,25)(H,22,23)/b19-10-. The third-order valence-corrected chi connectivity index (χ3v) is 3.18. The minimum atomic E-state index is -1.07. The molecule has 0 saturated carbocycles. The van der Waals surface area contributed by atoms with Gasteiger partial charge in [0.25, 0.3) is 0 Å². The highest BCUT2D eigenvalue weighted by Gasteiger charge is 2.12. The Balaban J connectivity index is 1.82. The maximum Gasteiger partial charge on any atom is 0.341 e. The van der Waals surface area contributed by atoms with Crippen molar-refractivity contribution in [2.45, 2.75) is 0 Å². The lowest BCUT2D eigenvalue weighted by atomic mass is 10.2. The Bertz CT molecular complexity index is 831. The number of aliphatic carboxylic acids is 1. The van der Waals surface area contributed by atoms with Crippen molar-refractivity contribution in [1.82, 2.24) is 5.43 Å². The van der Waals surface area contributed by atoms with Gasteiger partial charge in [-0.2, -0.15) is 5.10 Å². The lowest BCUT2D eigenvalue weighted by molar-refractivity contribution is -0.139. The van der Waals surface area contributed by atoms with Crippen molar-refractivity contribution in [3.05, 3.63) is 54.1 Å². The minimum absolute atomic E-state index is 0.387. The van der Waals surface area contributed by atoms with Gasteiger partial charge in [-0.3, -0.25) is 9.59 Å². The van der Waals surface area contributed by atoms with Gasteiger partial charge in [-0.1, -0.05) is 0 Å². The van der Waals surface area contributed by atoms with E-state index in [2.05, 4.69) is 15.8 Å². The molecule has 0 fully saturated rings. The molecule has 9 heteroatoms. The van der Waals surface area contributed by atoms with Crippen molar-refractivity contribution in [1.29, 1.82) is 0 Å². The monoisotopic (exact) mass is 371 g/mol. The second-order valence-electron chi connectivity index (χ2n) is 5.13. The summed E-state index contributed by atoms with van der Waals surface area (Å²) in [4.78, 5) is 33.9. The summed E-state index contributed by atoms with van der Waals surface area (Å²) in [5.41, 5.74) is 3.17. The first-order valence-corrected chi connectivity index (χ1v) is 7.71. The smallest absolute Gasteiger partial charge is 0.341 e. The van der Waals surface area contributed by atoms with Crippen LogP contribution in [0.3, 0.4) is 0 Å². The number of carbonyl (C=O) groups excluding carboxylic acids is 2. The van der Waals surface area contributed by atoms with Crippen LogP contribution >= 0.6 is 0 Å². The Morgan fingerprint density at radius 3 is 2.22 bits per heavy atom. The SMILES string of the molecule is COc1ccc(NC(=O)C(=O)N/N=C\c2ccc(OCC(=O)O)cc2)cc1. The van der Waals surface area contributed by atoms with Crippen molar-refractivity contribution in [3.8, 4) is 11.5 Å². The van der Waals surface area contributed by atoms with Crippen LogP contribution in [0, 0.1) is 0 Å². The average Bonchev–Trinajstić information content (AvgIpc) is 2.67. The number of hydrogen-bond acceptors (Lipinski definition) is 6. The lowest BCUT2D eigenvalue weighted by Gasteiger charge is -2.05. The van der Waals surface area contributed by atoms with E-state index in [0.717, 1.165) is 0 Å². The lowest BCUT2D eigenvalue weighted by Crippen LogP contribution is -2.32. The fraction of sp³-hybridized carbons (Fsp3) is 0.111. The fourth-order valence-electron chi connectivity index (χ4n) is 1.87. The summed E-state index contributed by atoms with van der Waals surface area (Å²) in [6.45, 7) is -0.438. The number of anilines is 1. The molecule has 0 spiro atoms. The quantitative estimate of drug-likeness (QED) is 0.382. The number of hydrazone groups is 1. The number of carbonyl (C=O) groups is 3. The van der Waals surface area contributed by atoms with Gasteiger partial charge >= 0.3 is 17.8 Å². The van der Waals surface area contributed by atoms with Crippen molar-refractivity contribution < 1.29 is 29.0 Å². The molecule has 0 radical (unpaired) electrons. The Labute approximate surface area is 154 Å². The van der Waals surface area contributed by atoms with Crippen LogP contribution in [0.4, 0.5) is 5.69 Å². The van der Waals surface area contributed by atoms with Crippen molar-refractivity contribution in [2.75, 3.05) is 19.0 Å². The van der Waals surface area contributed by atoms with E-state index in [1.807, 2.05) is 0 Å². The maximum atomic E-state index is 11.8. The molecule has 0 bridgehead atoms. The fourth-order valence-corrected chi connectivity index (χ4v) is 1.87. The molecule has 0 aliphatic rings. The predicted octanol–water partition coefficient (Wildman–Crippen LogP) is 1.25. The van der Waals surface area contributed by atoms with E-state index in [-0.39, 0.29) is 0 Å². The van der Waals surface area contributed by atoms with Crippen LogP contribution in [-0.4, -0.2) is 42.8 Å². The highest BCUT2D eigenvalue weighted by molar-refractivity contribution is 6.39. The molecule has 0 aliphatic carbocycles. The van der Waals surface area contributed by atoms with Gasteiger partial charge in [0.15, 0.2) is 6.61 Å². The summed E-state index contributed by atoms with van der Waals surface area (Å²) < 4.78 is 10.00. The van der Waals surface area contributed by atoms with Crippen molar-refractivity contribution >= 4 is 29.7 Å². The molecule has 0 unspecified atom stereocenters. The first-order valence-electron chi connectivity index (χ1n) is 7.71. The van der Waals surface area contributed by atoms with Crippen molar-refractivity contribution in [2.24, 2.45) is 5.10 Å². The summed E-state index contributed by atoms with van der Waals surface area (Å²) in [5, 5.41) is 14.7. The highest BCUT2D eigenvalue weighted by Crippen LogP contribution is 2.14. The average molecular weight is 371 g/mol. The topological polar surface area (TPSA) is 126 Å². The summed E-state index contributed by atoms with van der Waals surface area (Å²) in [7, 11) is 1.52. The Morgan fingerprint density at radius 2 is 1.63 bits per heavy atom. The largest absolute Gasteiger partial charge is 0.497 e. The van der Waals surface area contributed by atoms with Gasteiger partial charge in [0, 0.05) is 5.69 Å². The van der Waals surface area contributed by atoms with E-state index in [9.17, 15) is 14.4 Å². The van der Waals surface area contributed by atoms with Crippen LogP contribution in [0.1, 0.15) is 5.56 Å². The molecule has 0 aliphatic heterocycles. The molecule has 0 heterocycles. The maximum absolute atomic E-state index is 11.8. The van der Waals surface area contributed by atoms with E-state index in [1.165, 1.54) is 13.3 Å². The second kappa shape index (κ2) is 9.56. The summed E-state index contributed by atoms with van der Waals surface area (Å²) in [6, 6.07) is 12.8. The zero-order valence-corrected chi connectivity index (χ0v) is 14.3.